The van der Waals surface area contributed by atoms with E-state index in [-0.39, 0.29) is 0 Å². The van der Waals surface area contributed by atoms with Gasteiger partial charge in [0.2, 0.25) is 0 Å². The van der Waals surface area contributed by atoms with E-state index in [0.717, 1.165) is 15.7 Å². The highest BCUT2D eigenvalue weighted by Crippen LogP contribution is 2.21. The van der Waals surface area contributed by atoms with Gasteiger partial charge in [0, 0.05) is 15.7 Å². The van der Waals surface area contributed by atoms with E-state index in [1.807, 2.05) is 30.3 Å². The molecule has 0 atom stereocenters. The van der Waals surface area contributed by atoms with Gasteiger partial charge in [-0.3, -0.25) is 4.79 Å². The maximum absolute atomic E-state index is 11.2. The lowest BCUT2D eigenvalue weighted by atomic mass is 10.2. The first kappa shape index (κ1) is 14.8. The van der Waals surface area contributed by atoms with E-state index >= 15 is 0 Å². The molecular weight excluding hydrogens is 294 g/mol. The van der Waals surface area contributed by atoms with Gasteiger partial charge < -0.3 is 10.5 Å². The third-order valence-electron chi connectivity index (χ3n) is 2.58. The van der Waals surface area contributed by atoms with E-state index in [2.05, 4.69) is 0 Å². The van der Waals surface area contributed by atoms with Gasteiger partial charge in [-0.15, -0.1) is 11.8 Å². The van der Waals surface area contributed by atoms with Crippen molar-refractivity contribution in [2.24, 2.45) is 5.73 Å². The highest BCUT2D eigenvalue weighted by molar-refractivity contribution is 7.99. The van der Waals surface area contributed by atoms with Crippen LogP contribution < -0.4 is 10.5 Å². The molecule has 0 saturated heterocycles. The molecule has 0 heterocycles. The van der Waals surface area contributed by atoms with Gasteiger partial charge in [0.05, 0.1) is 12.2 Å². The van der Waals surface area contributed by atoms with Gasteiger partial charge in [0.15, 0.2) is 0 Å². The Balaban J connectivity index is 1.84. The zero-order valence-electron chi connectivity index (χ0n) is 10.7. The maximum atomic E-state index is 11.2. The Bertz CT molecular complexity index is 587. The summed E-state index contributed by atoms with van der Waals surface area (Å²) in [4.78, 5) is 12.4. The summed E-state index contributed by atoms with van der Waals surface area (Å²) >= 11 is 7.49. The lowest BCUT2D eigenvalue weighted by Crippen LogP contribution is -2.13. The minimum absolute atomic E-state index is 0.406. The summed E-state index contributed by atoms with van der Waals surface area (Å²) in [6.45, 7) is 0.498. The number of nitrogens with two attached hydrogens (primary N) is 1. The highest BCUT2D eigenvalue weighted by atomic mass is 35.5. The summed E-state index contributed by atoms with van der Waals surface area (Å²) in [6.07, 6.45) is 0. The van der Waals surface area contributed by atoms with Crippen LogP contribution >= 0.6 is 23.4 Å². The summed E-state index contributed by atoms with van der Waals surface area (Å²) < 4.78 is 5.60. The van der Waals surface area contributed by atoms with Crippen LogP contribution in [0.2, 0.25) is 5.02 Å². The van der Waals surface area contributed by atoms with Crippen LogP contribution in [0.5, 0.6) is 5.75 Å². The third-order valence-corrected chi connectivity index (χ3v) is 3.80. The predicted molar refractivity (Wildman–Crippen MR) is 82.6 cm³/mol. The minimum atomic E-state index is -0.481. The topological polar surface area (TPSA) is 52.3 Å². The monoisotopic (exact) mass is 307 g/mol. The van der Waals surface area contributed by atoms with E-state index < -0.39 is 5.91 Å². The number of primary amides is 1. The number of benzene rings is 2. The predicted octanol–water partition coefficient (Wildman–Crippen LogP) is 3.61. The summed E-state index contributed by atoms with van der Waals surface area (Å²) in [6, 6.07) is 14.6. The van der Waals surface area contributed by atoms with E-state index in [4.69, 9.17) is 22.1 Å². The van der Waals surface area contributed by atoms with Gasteiger partial charge in [-0.05, 0) is 36.4 Å². The summed E-state index contributed by atoms with van der Waals surface area (Å²) in [5.74, 6) is 0.817. The van der Waals surface area contributed by atoms with Crippen molar-refractivity contribution in [2.75, 3.05) is 12.4 Å². The van der Waals surface area contributed by atoms with E-state index in [9.17, 15) is 4.79 Å². The first-order valence-electron chi connectivity index (χ1n) is 6.07. The van der Waals surface area contributed by atoms with Crippen molar-refractivity contribution in [1.82, 2.24) is 0 Å². The van der Waals surface area contributed by atoms with Crippen molar-refractivity contribution in [1.29, 1.82) is 0 Å². The van der Waals surface area contributed by atoms with Crippen molar-refractivity contribution in [3.05, 3.63) is 59.1 Å². The van der Waals surface area contributed by atoms with Gasteiger partial charge >= 0.3 is 0 Å². The Morgan fingerprint density at radius 2 is 1.85 bits per heavy atom. The molecule has 0 aliphatic rings. The molecule has 3 nitrogen and oxygen atoms in total. The molecule has 0 saturated carbocycles. The van der Waals surface area contributed by atoms with Crippen LogP contribution in [-0.4, -0.2) is 18.3 Å². The molecule has 2 aromatic rings. The van der Waals surface area contributed by atoms with Crippen molar-refractivity contribution in [3.63, 3.8) is 0 Å². The number of thioether (sulfide) groups is 1. The number of carbonyl (C=O) groups excluding carboxylic acids is 1. The normalized spacial score (nSPS) is 10.2. The Morgan fingerprint density at radius 1 is 1.15 bits per heavy atom. The lowest BCUT2D eigenvalue weighted by Gasteiger charge is -2.09. The van der Waals surface area contributed by atoms with Crippen molar-refractivity contribution in [2.45, 2.75) is 4.90 Å². The molecule has 0 radical (unpaired) electrons. The van der Waals surface area contributed by atoms with Gasteiger partial charge in [-0.2, -0.15) is 0 Å². The summed E-state index contributed by atoms with van der Waals surface area (Å²) in [5.41, 5.74) is 5.69. The van der Waals surface area contributed by atoms with E-state index in [1.165, 1.54) is 0 Å². The Kier molecular flexibility index (Phi) is 5.32. The third kappa shape index (κ3) is 4.18. The average Bonchev–Trinajstić information content (AvgIpc) is 2.46. The number of amides is 1. The van der Waals surface area contributed by atoms with Crippen LogP contribution in [0.15, 0.2) is 53.4 Å². The zero-order chi connectivity index (χ0) is 14.4. The molecule has 2 rings (SSSR count). The zero-order valence-corrected chi connectivity index (χ0v) is 12.3. The van der Waals surface area contributed by atoms with Crippen LogP contribution in [0.25, 0.3) is 0 Å². The molecule has 0 bridgehead atoms. The Labute approximate surface area is 127 Å². The van der Waals surface area contributed by atoms with E-state index in [1.54, 1.807) is 30.0 Å². The SMILES string of the molecule is NC(=O)c1ccccc1OCCSc1ccc(Cl)cc1. The number of hydrogen-bond acceptors (Lipinski definition) is 3. The fourth-order valence-corrected chi connectivity index (χ4v) is 2.49. The average molecular weight is 308 g/mol. The van der Waals surface area contributed by atoms with Gasteiger partial charge in [0.25, 0.3) is 5.91 Å². The Morgan fingerprint density at radius 3 is 2.55 bits per heavy atom. The fourth-order valence-electron chi connectivity index (χ4n) is 1.64. The molecule has 20 heavy (non-hydrogen) atoms. The number of rotatable bonds is 6. The molecule has 104 valence electrons. The van der Waals surface area contributed by atoms with Gasteiger partial charge in [0.1, 0.15) is 5.75 Å². The standard InChI is InChI=1S/C15H14ClNO2S/c16-11-5-7-12(8-6-11)20-10-9-19-14-4-2-1-3-13(14)15(17)18/h1-8H,9-10H2,(H2,17,18). The largest absolute Gasteiger partial charge is 0.492 e. The number of para-hydroxylation sites is 1. The first-order valence-corrected chi connectivity index (χ1v) is 7.43. The number of halogens is 1. The molecule has 5 heteroatoms. The number of ether oxygens (including phenoxy) is 1. The van der Waals surface area contributed by atoms with Crippen LogP contribution in [0.1, 0.15) is 10.4 Å². The quantitative estimate of drug-likeness (QED) is 0.655. The van der Waals surface area contributed by atoms with Gasteiger partial charge in [-0.25, -0.2) is 0 Å². The van der Waals surface area contributed by atoms with E-state index in [0.29, 0.717) is 17.9 Å². The van der Waals surface area contributed by atoms with Crippen molar-refractivity contribution < 1.29 is 9.53 Å². The first-order chi connectivity index (χ1) is 9.66. The lowest BCUT2D eigenvalue weighted by molar-refractivity contribution is 0.0996. The number of carbonyl (C=O) groups is 1. The fraction of sp³-hybridized carbons (Fsp3) is 0.133. The second-order valence-corrected chi connectivity index (χ2v) is 5.62. The van der Waals surface area contributed by atoms with Crippen molar-refractivity contribution in [3.8, 4) is 5.75 Å². The summed E-state index contributed by atoms with van der Waals surface area (Å²) in [5, 5.41) is 0.723. The molecule has 0 aromatic heterocycles. The van der Waals surface area contributed by atoms with Crippen LogP contribution in [0.4, 0.5) is 0 Å². The molecule has 2 N–H and O–H groups in total. The molecule has 0 aliphatic carbocycles. The van der Waals surface area contributed by atoms with Gasteiger partial charge in [-0.1, -0.05) is 23.7 Å². The second-order valence-electron chi connectivity index (χ2n) is 4.01. The molecule has 1 amide bonds. The van der Waals surface area contributed by atoms with Crippen LogP contribution in [-0.2, 0) is 0 Å². The smallest absolute Gasteiger partial charge is 0.252 e. The Hall–Kier alpha value is -1.65. The number of hydrogen-bond donors (Lipinski definition) is 1. The molecule has 0 unspecified atom stereocenters. The van der Waals surface area contributed by atoms with Crippen LogP contribution in [0.3, 0.4) is 0 Å². The molecular formula is C15H14ClNO2S. The maximum Gasteiger partial charge on any atom is 0.252 e. The second kappa shape index (κ2) is 7.22. The highest BCUT2D eigenvalue weighted by Gasteiger charge is 2.07. The van der Waals surface area contributed by atoms with Crippen molar-refractivity contribution >= 4 is 29.3 Å². The summed E-state index contributed by atoms with van der Waals surface area (Å²) in [7, 11) is 0. The minimum Gasteiger partial charge on any atom is -0.492 e. The molecule has 0 fully saturated rings. The molecule has 0 aliphatic heterocycles. The van der Waals surface area contributed by atoms with Crippen LogP contribution in [0, 0.1) is 0 Å². The molecule has 2 aromatic carbocycles. The molecule has 0 spiro atoms.